The van der Waals surface area contributed by atoms with Gasteiger partial charge < -0.3 is 11.1 Å². The van der Waals surface area contributed by atoms with Gasteiger partial charge in [-0.15, -0.1) is 0 Å². The molecule has 18 heavy (non-hydrogen) atoms. The molecule has 0 bridgehead atoms. The molecule has 1 heterocycles. The van der Waals surface area contributed by atoms with E-state index in [-0.39, 0.29) is 11.9 Å². The molecule has 1 aliphatic heterocycles. The SMILES string of the molecule is CCC(C(N)=O)N1CCCCC1CNCC(C)C. The summed E-state index contributed by atoms with van der Waals surface area (Å²) in [6.45, 7) is 9.49. The highest BCUT2D eigenvalue weighted by atomic mass is 16.1. The standard InChI is InChI=1S/C14H29N3O/c1-4-13(14(15)18)17-8-6-5-7-12(17)10-16-9-11(2)3/h11-13,16H,4-10H2,1-3H3,(H2,15,18). The molecular weight excluding hydrogens is 226 g/mol. The Balaban J connectivity index is 2.53. The molecule has 0 saturated carbocycles. The highest BCUT2D eigenvalue weighted by molar-refractivity contribution is 5.79. The molecule has 0 spiro atoms. The van der Waals surface area contributed by atoms with Crippen molar-refractivity contribution in [2.45, 2.75) is 58.5 Å². The molecule has 0 aromatic carbocycles. The zero-order valence-corrected chi connectivity index (χ0v) is 12.1. The quantitative estimate of drug-likeness (QED) is 0.722. The van der Waals surface area contributed by atoms with Crippen molar-refractivity contribution in [3.05, 3.63) is 0 Å². The summed E-state index contributed by atoms with van der Waals surface area (Å²) in [5.74, 6) is 0.494. The number of carbonyl (C=O) groups is 1. The van der Waals surface area contributed by atoms with Gasteiger partial charge >= 0.3 is 0 Å². The van der Waals surface area contributed by atoms with E-state index in [1.807, 2.05) is 6.92 Å². The van der Waals surface area contributed by atoms with Gasteiger partial charge in [0.15, 0.2) is 0 Å². The van der Waals surface area contributed by atoms with Crippen LogP contribution in [0.15, 0.2) is 0 Å². The van der Waals surface area contributed by atoms with Gasteiger partial charge in [0.05, 0.1) is 6.04 Å². The van der Waals surface area contributed by atoms with Gasteiger partial charge in [0.25, 0.3) is 0 Å². The zero-order valence-electron chi connectivity index (χ0n) is 12.1. The number of hydrogen-bond acceptors (Lipinski definition) is 3. The fraction of sp³-hybridized carbons (Fsp3) is 0.929. The lowest BCUT2D eigenvalue weighted by molar-refractivity contribution is -0.124. The van der Waals surface area contributed by atoms with Crippen LogP contribution in [0.1, 0.15) is 46.5 Å². The number of carbonyl (C=O) groups excluding carboxylic acids is 1. The van der Waals surface area contributed by atoms with Crippen molar-refractivity contribution in [1.29, 1.82) is 0 Å². The lowest BCUT2D eigenvalue weighted by Gasteiger charge is -2.40. The number of likely N-dealkylation sites (tertiary alicyclic amines) is 1. The van der Waals surface area contributed by atoms with Crippen LogP contribution in [-0.4, -0.2) is 42.5 Å². The highest BCUT2D eigenvalue weighted by Crippen LogP contribution is 2.20. The summed E-state index contributed by atoms with van der Waals surface area (Å²) in [7, 11) is 0. The van der Waals surface area contributed by atoms with Crippen LogP contribution in [-0.2, 0) is 4.79 Å². The normalized spacial score (nSPS) is 23.2. The van der Waals surface area contributed by atoms with E-state index >= 15 is 0 Å². The van der Waals surface area contributed by atoms with Crippen molar-refractivity contribution in [2.24, 2.45) is 11.7 Å². The van der Waals surface area contributed by atoms with E-state index in [0.29, 0.717) is 12.0 Å². The predicted molar refractivity (Wildman–Crippen MR) is 75.3 cm³/mol. The number of nitrogens with one attached hydrogen (secondary N) is 1. The predicted octanol–water partition coefficient (Wildman–Crippen LogP) is 1.35. The molecule has 0 aromatic rings. The maximum Gasteiger partial charge on any atom is 0.234 e. The molecule has 106 valence electrons. The van der Waals surface area contributed by atoms with E-state index < -0.39 is 0 Å². The van der Waals surface area contributed by atoms with Gasteiger partial charge in [-0.05, 0) is 38.3 Å². The summed E-state index contributed by atoms with van der Waals surface area (Å²) in [5.41, 5.74) is 5.52. The van der Waals surface area contributed by atoms with E-state index in [9.17, 15) is 4.79 Å². The number of piperidine rings is 1. The van der Waals surface area contributed by atoms with Crippen molar-refractivity contribution in [3.63, 3.8) is 0 Å². The minimum absolute atomic E-state index is 0.0869. The maximum absolute atomic E-state index is 11.5. The van der Waals surface area contributed by atoms with Crippen LogP contribution in [0.5, 0.6) is 0 Å². The van der Waals surface area contributed by atoms with E-state index in [0.717, 1.165) is 26.1 Å². The summed E-state index contributed by atoms with van der Waals surface area (Å²) in [5, 5.41) is 3.51. The summed E-state index contributed by atoms with van der Waals surface area (Å²) in [6, 6.07) is 0.381. The second kappa shape index (κ2) is 7.74. The van der Waals surface area contributed by atoms with Gasteiger partial charge in [-0.3, -0.25) is 9.69 Å². The van der Waals surface area contributed by atoms with Crippen LogP contribution in [0.2, 0.25) is 0 Å². The van der Waals surface area contributed by atoms with Gasteiger partial charge in [0.2, 0.25) is 5.91 Å². The Labute approximate surface area is 111 Å². The monoisotopic (exact) mass is 255 g/mol. The lowest BCUT2D eigenvalue weighted by atomic mass is 9.98. The van der Waals surface area contributed by atoms with Gasteiger partial charge in [-0.1, -0.05) is 27.2 Å². The van der Waals surface area contributed by atoms with Crippen LogP contribution in [0.4, 0.5) is 0 Å². The van der Waals surface area contributed by atoms with Crippen LogP contribution < -0.4 is 11.1 Å². The second-order valence-electron chi connectivity index (χ2n) is 5.77. The first-order valence-electron chi connectivity index (χ1n) is 7.32. The van der Waals surface area contributed by atoms with E-state index in [1.165, 1.54) is 19.3 Å². The first-order valence-corrected chi connectivity index (χ1v) is 7.32. The number of hydrogen-bond donors (Lipinski definition) is 2. The second-order valence-corrected chi connectivity index (χ2v) is 5.77. The molecule has 2 atom stereocenters. The summed E-state index contributed by atoms with van der Waals surface area (Å²) in [6.07, 6.45) is 4.44. The Bertz CT molecular complexity index is 255. The number of nitrogens with zero attached hydrogens (tertiary/aromatic N) is 1. The Morgan fingerprint density at radius 3 is 2.72 bits per heavy atom. The van der Waals surface area contributed by atoms with E-state index in [1.54, 1.807) is 0 Å². The zero-order chi connectivity index (χ0) is 13.5. The molecule has 4 heteroatoms. The molecule has 0 aromatic heterocycles. The molecule has 2 unspecified atom stereocenters. The number of rotatable bonds is 7. The topological polar surface area (TPSA) is 58.4 Å². The fourth-order valence-electron chi connectivity index (χ4n) is 2.79. The number of amides is 1. The highest BCUT2D eigenvalue weighted by Gasteiger charge is 2.30. The third-order valence-electron chi connectivity index (χ3n) is 3.72. The molecule has 1 fully saturated rings. The molecule has 1 aliphatic rings. The van der Waals surface area contributed by atoms with Crippen LogP contribution >= 0.6 is 0 Å². The minimum Gasteiger partial charge on any atom is -0.368 e. The molecule has 1 rings (SSSR count). The van der Waals surface area contributed by atoms with Crippen molar-refractivity contribution in [2.75, 3.05) is 19.6 Å². The smallest absolute Gasteiger partial charge is 0.234 e. The van der Waals surface area contributed by atoms with Crippen molar-refractivity contribution >= 4 is 5.91 Å². The van der Waals surface area contributed by atoms with Gasteiger partial charge in [0.1, 0.15) is 0 Å². The largest absolute Gasteiger partial charge is 0.368 e. The van der Waals surface area contributed by atoms with Gasteiger partial charge in [-0.25, -0.2) is 0 Å². The van der Waals surface area contributed by atoms with Crippen LogP contribution in [0.25, 0.3) is 0 Å². The summed E-state index contributed by atoms with van der Waals surface area (Å²) >= 11 is 0. The number of nitrogens with two attached hydrogens (primary N) is 1. The molecule has 1 amide bonds. The van der Waals surface area contributed by atoms with Crippen molar-refractivity contribution in [3.8, 4) is 0 Å². The maximum atomic E-state index is 11.5. The van der Waals surface area contributed by atoms with Crippen molar-refractivity contribution in [1.82, 2.24) is 10.2 Å². The molecular formula is C14H29N3O. The third kappa shape index (κ3) is 4.58. The average molecular weight is 255 g/mol. The number of primary amides is 1. The van der Waals surface area contributed by atoms with Crippen molar-refractivity contribution < 1.29 is 4.79 Å². The molecule has 0 radical (unpaired) electrons. The fourth-order valence-corrected chi connectivity index (χ4v) is 2.79. The Morgan fingerprint density at radius 1 is 1.44 bits per heavy atom. The molecule has 3 N–H and O–H groups in total. The third-order valence-corrected chi connectivity index (χ3v) is 3.72. The Morgan fingerprint density at radius 2 is 2.17 bits per heavy atom. The summed E-state index contributed by atoms with van der Waals surface area (Å²) in [4.78, 5) is 13.8. The first kappa shape index (κ1) is 15.4. The Hall–Kier alpha value is -0.610. The molecule has 4 nitrogen and oxygen atoms in total. The lowest BCUT2D eigenvalue weighted by Crippen LogP contribution is -2.54. The first-order chi connectivity index (χ1) is 8.56. The molecule has 1 saturated heterocycles. The van der Waals surface area contributed by atoms with E-state index in [2.05, 4.69) is 24.1 Å². The van der Waals surface area contributed by atoms with Crippen LogP contribution in [0.3, 0.4) is 0 Å². The van der Waals surface area contributed by atoms with Crippen LogP contribution in [0, 0.1) is 5.92 Å². The van der Waals surface area contributed by atoms with E-state index in [4.69, 9.17) is 5.73 Å². The Kier molecular flexibility index (Phi) is 6.65. The van der Waals surface area contributed by atoms with Gasteiger partial charge in [-0.2, -0.15) is 0 Å². The average Bonchev–Trinajstić information content (AvgIpc) is 2.31. The molecule has 0 aliphatic carbocycles. The van der Waals surface area contributed by atoms with Gasteiger partial charge in [0, 0.05) is 12.6 Å². The minimum atomic E-state index is -0.173. The summed E-state index contributed by atoms with van der Waals surface area (Å²) < 4.78 is 0.